The maximum absolute atomic E-state index is 13.8. The van der Waals surface area contributed by atoms with Crippen LogP contribution in [0.2, 0.25) is 0 Å². The molecule has 7 heteroatoms. The van der Waals surface area contributed by atoms with E-state index in [0.29, 0.717) is 25.0 Å². The fourth-order valence-corrected chi connectivity index (χ4v) is 2.57. The number of amides is 1. The summed E-state index contributed by atoms with van der Waals surface area (Å²) in [6, 6.07) is 2.96. The fraction of sp³-hybridized carbons (Fsp3) is 0.312. The third-order valence-electron chi connectivity index (χ3n) is 3.65. The molecule has 1 fully saturated rings. The van der Waals surface area contributed by atoms with Gasteiger partial charge >= 0.3 is 0 Å². The highest BCUT2D eigenvalue weighted by molar-refractivity contribution is 5.94. The molecule has 0 N–H and O–H groups in total. The summed E-state index contributed by atoms with van der Waals surface area (Å²) in [5.41, 5.74) is -0.133. The molecule has 0 aliphatic carbocycles. The lowest BCUT2D eigenvalue weighted by molar-refractivity contribution is 0.0522. The van der Waals surface area contributed by atoms with Crippen LogP contribution in [0.25, 0.3) is 0 Å². The second-order valence-corrected chi connectivity index (χ2v) is 5.30. The van der Waals surface area contributed by atoms with Gasteiger partial charge in [0.05, 0.1) is 18.3 Å². The van der Waals surface area contributed by atoms with Gasteiger partial charge in [0.25, 0.3) is 5.91 Å². The molecule has 1 saturated heterocycles. The van der Waals surface area contributed by atoms with Gasteiger partial charge in [0, 0.05) is 25.0 Å². The molecule has 1 aromatic carbocycles. The Kier molecular flexibility index (Phi) is 4.45. The van der Waals surface area contributed by atoms with Crippen molar-refractivity contribution in [2.75, 3.05) is 13.1 Å². The average Bonchev–Trinajstić information content (AvgIpc) is 2.55. The maximum atomic E-state index is 13.8. The van der Waals surface area contributed by atoms with Crippen molar-refractivity contribution in [1.82, 2.24) is 14.9 Å². The van der Waals surface area contributed by atoms with Crippen molar-refractivity contribution in [1.29, 1.82) is 0 Å². The number of carbonyl (C=O) groups excluding carboxylic acids is 1. The number of benzene rings is 1. The van der Waals surface area contributed by atoms with Gasteiger partial charge in [-0.05, 0) is 25.0 Å². The van der Waals surface area contributed by atoms with Gasteiger partial charge in [-0.2, -0.15) is 0 Å². The third-order valence-corrected chi connectivity index (χ3v) is 3.65. The SMILES string of the molecule is O=C(c1ccc(F)cc1F)N1CCCC(Oc2cnccn2)C1. The molecule has 0 radical (unpaired) electrons. The summed E-state index contributed by atoms with van der Waals surface area (Å²) < 4.78 is 32.4. The lowest BCUT2D eigenvalue weighted by Gasteiger charge is -2.32. The summed E-state index contributed by atoms with van der Waals surface area (Å²) in [6.45, 7) is 0.836. The number of hydrogen-bond donors (Lipinski definition) is 0. The van der Waals surface area contributed by atoms with E-state index in [4.69, 9.17) is 4.74 Å². The monoisotopic (exact) mass is 319 g/mol. The number of rotatable bonds is 3. The van der Waals surface area contributed by atoms with E-state index in [1.165, 1.54) is 23.4 Å². The predicted molar refractivity (Wildman–Crippen MR) is 77.9 cm³/mol. The van der Waals surface area contributed by atoms with Gasteiger partial charge in [0.15, 0.2) is 0 Å². The Hall–Kier alpha value is -2.57. The van der Waals surface area contributed by atoms with E-state index >= 15 is 0 Å². The summed E-state index contributed by atoms with van der Waals surface area (Å²) in [5, 5.41) is 0. The Bertz CT molecular complexity index is 697. The van der Waals surface area contributed by atoms with Crippen LogP contribution in [-0.4, -0.2) is 40.0 Å². The maximum Gasteiger partial charge on any atom is 0.256 e. The molecule has 1 amide bonds. The normalized spacial score (nSPS) is 17.8. The van der Waals surface area contributed by atoms with Crippen LogP contribution < -0.4 is 4.74 Å². The van der Waals surface area contributed by atoms with Crippen molar-refractivity contribution >= 4 is 5.91 Å². The molecule has 2 aromatic rings. The van der Waals surface area contributed by atoms with Gasteiger partial charge in [-0.3, -0.25) is 9.78 Å². The highest BCUT2D eigenvalue weighted by Gasteiger charge is 2.27. The van der Waals surface area contributed by atoms with Gasteiger partial charge in [-0.25, -0.2) is 13.8 Å². The first-order valence-electron chi connectivity index (χ1n) is 7.30. The van der Waals surface area contributed by atoms with Gasteiger partial charge in [-0.15, -0.1) is 0 Å². The molecule has 1 unspecified atom stereocenters. The summed E-state index contributed by atoms with van der Waals surface area (Å²) in [7, 11) is 0. The van der Waals surface area contributed by atoms with Crippen molar-refractivity contribution in [3.8, 4) is 5.88 Å². The summed E-state index contributed by atoms with van der Waals surface area (Å²) >= 11 is 0. The number of halogens is 2. The highest BCUT2D eigenvalue weighted by atomic mass is 19.1. The summed E-state index contributed by atoms with van der Waals surface area (Å²) in [5.74, 6) is -1.64. The Morgan fingerprint density at radius 3 is 2.91 bits per heavy atom. The number of piperidine rings is 1. The quantitative estimate of drug-likeness (QED) is 0.872. The number of nitrogens with zero attached hydrogens (tertiary/aromatic N) is 3. The van der Waals surface area contributed by atoms with Crippen LogP contribution in [0.1, 0.15) is 23.2 Å². The van der Waals surface area contributed by atoms with E-state index in [1.807, 2.05) is 0 Å². The average molecular weight is 319 g/mol. The van der Waals surface area contributed by atoms with Gasteiger partial charge < -0.3 is 9.64 Å². The van der Waals surface area contributed by atoms with E-state index in [2.05, 4.69) is 9.97 Å². The Morgan fingerprint density at radius 1 is 1.30 bits per heavy atom. The molecule has 3 rings (SSSR count). The van der Waals surface area contributed by atoms with E-state index in [9.17, 15) is 13.6 Å². The molecule has 120 valence electrons. The topological polar surface area (TPSA) is 55.3 Å². The molecule has 1 aliphatic rings. The van der Waals surface area contributed by atoms with E-state index in [-0.39, 0.29) is 11.7 Å². The second kappa shape index (κ2) is 6.68. The van der Waals surface area contributed by atoms with Crippen molar-refractivity contribution in [3.63, 3.8) is 0 Å². The molecule has 0 spiro atoms. The van der Waals surface area contributed by atoms with Gasteiger partial charge in [-0.1, -0.05) is 0 Å². The van der Waals surface area contributed by atoms with Crippen LogP contribution >= 0.6 is 0 Å². The molecule has 0 bridgehead atoms. The van der Waals surface area contributed by atoms with Crippen LogP contribution in [0.5, 0.6) is 5.88 Å². The molecule has 1 atom stereocenters. The van der Waals surface area contributed by atoms with Gasteiger partial charge in [0.2, 0.25) is 5.88 Å². The molecular weight excluding hydrogens is 304 g/mol. The van der Waals surface area contributed by atoms with E-state index < -0.39 is 17.5 Å². The standard InChI is InChI=1S/C16H15F2N3O2/c17-11-3-4-13(14(18)8-11)16(22)21-7-1-2-12(10-21)23-15-9-19-5-6-20-15/h3-6,8-9,12H,1-2,7,10H2. The van der Waals surface area contributed by atoms with Crippen LogP contribution in [0, 0.1) is 11.6 Å². The van der Waals surface area contributed by atoms with Crippen molar-refractivity contribution in [3.05, 3.63) is 54.0 Å². The lowest BCUT2D eigenvalue weighted by Crippen LogP contribution is -2.44. The minimum absolute atomic E-state index is 0.133. The number of ether oxygens (including phenoxy) is 1. The van der Waals surface area contributed by atoms with Crippen molar-refractivity contribution < 1.29 is 18.3 Å². The van der Waals surface area contributed by atoms with Crippen molar-refractivity contribution in [2.45, 2.75) is 18.9 Å². The first-order valence-corrected chi connectivity index (χ1v) is 7.30. The molecule has 1 aromatic heterocycles. The molecule has 0 saturated carbocycles. The zero-order valence-electron chi connectivity index (χ0n) is 12.3. The molecule has 23 heavy (non-hydrogen) atoms. The van der Waals surface area contributed by atoms with Crippen LogP contribution in [0.4, 0.5) is 8.78 Å². The zero-order valence-corrected chi connectivity index (χ0v) is 12.3. The summed E-state index contributed by atoms with van der Waals surface area (Å²) in [4.78, 5) is 21.9. The van der Waals surface area contributed by atoms with Crippen LogP contribution in [-0.2, 0) is 0 Å². The molecule has 2 heterocycles. The molecule has 1 aliphatic heterocycles. The minimum Gasteiger partial charge on any atom is -0.471 e. The van der Waals surface area contributed by atoms with Crippen LogP contribution in [0.3, 0.4) is 0 Å². The second-order valence-electron chi connectivity index (χ2n) is 5.30. The predicted octanol–water partition coefficient (Wildman–Crippen LogP) is 2.44. The number of carbonyl (C=O) groups is 1. The van der Waals surface area contributed by atoms with Crippen molar-refractivity contribution in [2.24, 2.45) is 0 Å². The Morgan fingerprint density at radius 2 is 2.17 bits per heavy atom. The Labute approximate surface area is 131 Å². The third kappa shape index (κ3) is 3.61. The highest BCUT2D eigenvalue weighted by Crippen LogP contribution is 2.19. The van der Waals surface area contributed by atoms with E-state index in [1.54, 1.807) is 6.20 Å². The lowest BCUT2D eigenvalue weighted by atomic mass is 10.1. The number of aromatic nitrogens is 2. The number of hydrogen-bond acceptors (Lipinski definition) is 4. The summed E-state index contributed by atoms with van der Waals surface area (Å²) in [6.07, 6.45) is 5.84. The smallest absolute Gasteiger partial charge is 0.256 e. The fourth-order valence-electron chi connectivity index (χ4n) is 2.57. The van der Waals surface area contributed by atoms with Crippen LogP contribution in [0.15, 0.2) is 36.8 Å². The minimum atomic E-state index is -0.855. The molecular formula is C16H15F2N3O2. The van der Waals surface area contributed by atoms with Gasteiger partial charge in [0.1, 0.15) is 17.7 Å². The number of likely N-dealkylation sites (tertiary alicyclic amines) is 1. The first kappa shape index (κ1) is 15.3. The first-order chi connectivity index (χ1) is 11.1. The molecule has 5 nitrogen and oxygen atoms in total. The largest absolute Gasteiger partial charge is 0.471 e. The Balaban J connectivity index is 1.69. The zero-order chi connectivity index (χ0) is 16.2. The van der Waals surface area contributed by atoms with E-state index in [0.717, 1.165) is 18.9 Å².